The lowest BCUT2D eigenvalue weighted by Crippen LogP contribution is -2.53. The maximum atomic E-state index is 12.7. The normalized spacial score (nSPS) is 23.2. The van der Waals surface area contributed by atoms with E-state index in [9.17, 15) is 18.0 Å². The number of hydrogen-bond donors (Lipinski definition) is 0. The molecule has 0 spiro atoms. The summed E-state index contributed by atoms with van der Waals surface area (Å²) in [6.07, 6.45) is 3.71. The van der Waals surface area contributed by atoms with Gasteiger partial charge in [0.05, 0.1) is 18.0 Å². The van der Waals surface area contributed by atoms with Gasteiger partial charge in [-0.05, 0) is 18.2 Å². The molecule has 0 fully saturated rings. The maximum absolute atomic E-state index is 12.7. The van der Waals surface area contributed by atoms with Gasteiger partial charge in [0, 0.05) is 6.54 Å². The highest BCUT2D eigenvalue weighted by molar-refractivity contribution is 7.88. The van der Waals surface area contributed by atoms with Gasteiger partial charge in [-0.25, -0.2) is 31.9 Å². The molecule has 3 aliphatic rings. The summed E-state index contributed by atoms with van der Waals surface area (Å²) in [7, 11) is -3.49. The third-order valence-electron chi connectivity index (χ3n) is 4.18. The van der Waals surface area contributed by atoms with E-state index in [2.05, 4.69) is 0 Å². The van der Waals surface area contributed by atoms with Crippen molar-refractivity contribution in [2.45, 2.75) is 12.2 Å². The summed E-state index contributed by atoms with van der Waals surface area (Å²) < 4.78 is 28.7. The van der Waals surface area contributed by atoms with Crippen molar-refractivity contribution in [3.05, 3.63) is 63.5 Å². The largest absolute Gasteiger partial charge is 0.353 e. The quantitative estimate of drug-likeness (QED) is 0.705. The minimum Gasteiger partial charge on any atom is -0.245 e. The van der Waals surface area contributed by atoms with Gasteiger partial charge in [0.25, 0.3) is 0 Å². The van der Waals surface area contributed by atoms with E-state index in [0.29, 0.717) is 5.69 Å². The third kappa shape index (κ3) is 1.90. The molecule has 9 heteroatoms. The Kier molecular flexibility index (Phi) is 2.82. The van der Waals surface area contributed by atoms with Gasteiger partial charge in [0.2, 0.25) is 10.0 Å². The van der Waals surface area contributed by atoms with Gasteiger partial charge in [-0.15, -0.1) is 0 Å². The molecule has 0 saturated carbocycles. The van der Waals surface area contributed by atoms with Crippen LogP contribution in [0.15, 0.2) is 52.1 Å². The van der Waals surface area contributed by atoms with E-state index >= 15 is 0 Å². The third-order valence-corrected chi connectivity index (χ3v) is 5.40. The lowest BCUT2D eigenvalue weighted by molar-refractivity contribution is 0.145. The van der Waals surface area contributed by atoms with Crippen molar-refractivity contribution in [3.8, 4) is 5.69 Å². The monoisotopic (exact) mass is 334 g/mol. The predicted molar refractivity (Wildman–Crippen MR) is 83.1 cm³/mol. The molecular weight excluding hydrogens is 320 g/mol. The van der Waals surface area contributed by atoms with E-state index in [4.69, 9.17) is 0 Å². The van der Waals surface area contributed by atoms with Crippen LogP contribution in [0.4, 0.5) is 0 Å². The Hall–Kier alpha value is -2.39. The first-order valence-electron chi connectivity index (χ1n) is 7.06. The molecule has 2 bridgehead atoms. The number of fused-ring (bicyclic) bond motifs is 1. The van der Waals surface area contributed by atoms with Crippen LogP contribution in [0.25, 0.3) is 5.69 Å². The van der Waals surface area contributed by atoms with Crippen LogP contribution in [-0.2, 0) is 10.0 Å². The second kappa shape index (κ2) is 4.56. The zero-order valence-electron chi connectivity index (χ0n) is 12.2. The lowest BCUT2D eigenvalue weighted by Gasteiger charge is -2.40. The molecular formula is C14H14N4O4S. The van der Waals surface area contributed by atoms with Crippen molar-refractivity contribution in [2.75, 3.05) is 12.8 Å². The average Bonchev–Trinajstić information content (AvgIpc) is 2.81. The van der Waals surface area contributed by atoms with Gasteiger partial charge in [-0.2, -0.15) is 4.31 Å². The molecule has 0 unspecified atom stereocenters. The molecule has 2 atom stereocenters. The first-order chi connectivity index (χ1) is 10.9. The summed E-state index contributed by atoms with van der Waals surface area (Å²) in [5.41, 5.74) is -0.551. The average molecular weight is 334 g/mol. The molecule has 1 aromatic carbocycles. The molecule has 5 rings (SSSR count). The number of hydrogen-bond acceptors (Lipinski definition) is 4. The molecule has 1 aromatic heterocycles. The fourth-order valence-corrected chi connectivity index (χ4v) is 4.16. The van der Waals surface area contributed by atoms with E-state index in [1.165, 1.54) is 13.7 Å². The van der Waals surface area contributed by atoms with Crippen LogP contribution in [0.2, 0.25) is 0 Å². The van der Waals surface area contributed by atoms with E-state index < -0.39 is 33.6 Å². The van der Waals surface area contributed by atoms with Crippen LogP contribution >= 0.6 is 0 Å². The second-order valence-electron chi connectivity index (χ2n) is 5.62. The number of sulfonamides is 1. The Morgan fingerprint density at radius 2 is 1.65 bits per heavy atom. The van der Waals surface area contributed by atoms with Crippen LogP contribution in [0.3, 0.4) is 0 Å². The minimum absolute atomic E-state index is 0.151. The number of nitrogens with zero attached hydrogens (tertiary/aromatic N) is 4. The van der Waals surface area contributed by atoms with E-state index in [1.807, 2.05) is 0 Å². The lowest BCUT2D eigenvalue weighted by atomic mass is 10.1. The Balaban J connectivity index is 1.99. The Morgan fingerprint density at radius 3 is 2.30 bits per heavy atom. The first-order valence-corrected chi connectivity index (χ1v) is 8.91. The Labute approximate surface area is 131 Å². The van der Waals surface area contributed by atoms with Crippen molar-refractivity contribution in [3.63, 3.8) is 0 Å². The molecule has 0 radical (unpaired) electrons. The van der Waals surface area contributed by atoms with Crippen LogP contribution in [0.5, 0.6) is 0 Å². The summed E-state index contributed by atoms with van der Waals surface area (Å²) in [6.45, 7) is 0.151. The van der Waals surface area contributed by atoms with Crippen molar-refractivity contribution in [1.29, 1.82) is 0 Å². The van der Waals surface area contributed by atoms with Crippen LogP contribution in [-0.4, -0.2) is 39.5 Å². The van der Waals surface area contributed by atoms with Gasteiger partial charge in [0.1, 0.15) is 6.17 Å². The standard InChI is InChI=1S/C14H14N4O4S/c1-23(21,22)15-9-11-7-8-12(15)18-14(20)16(13(19)17(11)18)10-5-3-2-4-6-10/h2-8,11-12H,9H2,1H3/t11-,12-/m1/s1. The van der Waals surface area contributed by atoms with Crippen molar-refractivity contribution in [1.82, 2.24) is 18.2 Å². The highest BCUT2D eigenvalue weighted by Gasteiger charge is 2.42. The molecule has 0 amide bonds. The topological polar surface area (TPSA) is 86.3 Å². The van der Waals surface area contributed by atoms with Crippen molar-refractivity contribution < 1.29 is 8.42 Å². The molecule has 2 aromatic rings. The fourth-order valence-electron chi connectivity index (χ4n) is 3.18. The smallest absolute Gasteiger partial charge is 0.245 e. The zero-order chi connectivity index (χ0) is 16.4. The van der Waals surface area contributed by atoms with Crippen molar-refractivity contribution in [2.24, 2.45) is 0 Å². The summed E-state index contributed by atoms with van der Waals surface area (Å²) in [6, 6.07) is 8.10. The summed E-state index contributed by atoms with van der Waals surface area (Å²) in [4.78, 5) is 25.4. The molecule has 0 saturated heterocycles. The van der Waals surface area contributed by atoms with Crippen molar-refractivity contribution >= 4 is 10.0 Å². The van der Waals surface area contributed by atoms with E-state index in [-0.39, 0.29) is 6.54 Å². The van der Waals surface area contributed by atoms with Crippen LogP contribution in [0, 0.1) is 0 Å². The zero-order valence-corrected chi connectivity index (χ0v) is 13.0. The number of aromatic nitrogens is 3. The number of para-hydroxylation sites is 1. The Morgan fingerprint density at radius 1 is 1.00 bits per heavy atom. The predicted octanol–water partition coefficient (Wildman–Crippen LogP) is -0.315. The fraction of sp³-hybridized carbons (Fsp3) is 0.286. The molecule has 4 heterocycles. The second-order valence-corrected chi connectivity index (χ2v) is 7.56. The Bertz CT molecular complexity index is 1030. The summed E-state index contributed by atoms with van der Waals surface area (Å²) in [5, 5.41) is 0. The molecule has 0 N–H and O–H groups in total. The highest BCUT2D eigenvalue weighted by atomic mass is 32.2. The highest BCUT2D eigenvalue weighted by Crippen LogP contribution is 2.31. The first kappa shape index (κ1) is 14.2. The van der Waals surface area contributed by atoms with Crippen LogP contribution in [0.1, 0.15) is 12.2 Å². The van der Waals surface area contributed by atoms with E-state index in [1.54, 1.807) is 42.5 Å². The molecule has 8 nitrogen and oxygen atoms in total. The summed E-state index contributed by atoms with van der Waals surface area (Å²) in [5.74, 6) is 0. The number of benzene rings is 1. The molecule has 120 valence electrons. The molecule has 3 aliphatic heterocycles. The van der Waals surface area contributed by atoms with Gasteiger partial charge >= 0.3 is 11.4 Å². The van der Waals surface area contributed by atoms with E-state index in [0.717, 1.165) is 10.8 Å². The summed E-state index contributed by atoms with van der Waals surface area (Å²) >= 11 is 0. The van der Waals surface area contributed by atoms with Gasteiger partial charge in [0.15, 0.2) is 0 Å². The van der Waals surface area contributed by atoms with Crippen LogP contribution < -0.4 is 11.4 Å². The molecule has 0 aliphatic carbocycles. The minimum atomic E-state index is -3.49. The maximum Gasteiger partial charge on any atom is 0.353 e. The SMILES string of the molecule is CS(=O)(=O)N1C[C@H]2C=C[C@H]1n1c(=O)n(-c3ccccc3)c(=O)n12. The molecule has 23 heavy (non-hydrogen) atoms. The van der Waals surface area contributed by atoms with Gasteiger partial charge in [-0.1, -0.05) is 24.3 Å². The van der Waals surface area contributed by atoms with Gasteiger partial charge in [-0.3, -0.25) is 0 Å². The number of rotatable bonds is 2. The van der Waals surface area contributed by atoms with Gasteiger partial charge < -0.3 is 0 Å².